The van der Waals surface area contributed by atoms with Gasteiger partial charge in [-0.3, -0.25) is 0 Å². The first kappa shape index (κ1) is 102. The molecule has 0 saturated heterocycles. The van der Waals surface area contributed by atoms with E-state index < -0.39 is 0 Å². The molecule has 0 unspecified atom stereocenters. The van der Waals surface area contributed by atoms with Gasteiger partial charge in [0.05, 0.1) is 0 Å². The second kappa shape index (κ2) is 50.8. The zero-order chi connectivity index (χ0) is 99.6. The third kappa shape index (κ3) is 30.6. The Morgan fingerprint density at radius 3 is 0.380 bits per heavy atom. The quantitative estimate of drug-likeness (QED) is 0.108. The average Bonchev–Trinajstić information content (AvgIpc) is 0.818. The third-order valence-electron chi connectivity index (χ3n) is 25.1. The molecule has 0 spiro atoms. The molecule has 0 saturated carbocycles. The summed E-state index contributed by atoms with van der Waals surface area (Å²) in [5, 5.41) is 0. The Bertz CT molecular complexity index is 7340. The molecule has 21 rings (SSSR count). The number of hydrogen-bond acceptors (Lipinski definition) is 0. The highest BCUT2D eigenvalue weighted by Gasteiger charge is 2.12. The minimum absolute atomic E-state index is 1.25. The fourth-order valence-corrected chi connectivity index (χ4v) is 17.5. The van der Waals surface area contributed by atoms with Crippen LogP contribution in [0.15, 0.2) is 510 Å². The molecule has 0 aromatic heterocycles. The summed E-state index contributed by atoms with van der Waals surface area (Å²) in [6.45, 7) is 34.0. The molecule has 0 bridgehead atoms. The van der Waals surface area contributed by atoms with Crippen molar-refractivity contribution in [2.75, 3.05) is 0 Å². The maximum Gasteiger partial charge on any atom is -0.0155 e. The van der Waals surface area contributed by atoms with Gasteiger partial charge in [-0.2, -0.15) is 0 Å². The van der Waals surface area contributed by atoms with Gasteiger partial charge in [0.2, 0.25) is 0 Å². The zero-order valence-corrected chi connectivity index (χ0v) is 85.5. The molecule has 0 aliphatic carbocycles. The molecule has 0 nitrogen and oxygen atoms in total. The average molecular weight is 1840 g/mol. The minimum atomic E-state index is 1.25. The molecular weight excluding hydrogens is 1710 g/mol. The number of rotatable bonds is 13. The summed E-state index contributed by atoms with van der Waals surface area (Å²) >= 11 is 0. The number of aryl methyl sites for hydroxylation is 16. The van der Waals surface area contributed by atoms with Gasteiger partial charge in [-0.05, 0) is 291 Å². The van der Waals surface area contributed by atoms with Crippen molar-refractivity contribution in [3.05, 3.63) is 599 Å². The Labute approximate surface area is 847 Å². The maximum absolute atomic E-state index is 2.28. The van der Waals surface area contributed by atoms with E-state index in [4.69, 9.17) is 0 Å². The summed E-state index contributed by atoms with van der Waals surface area (Å²) < 4.78 is 0. The number of benzene rings is 21. The fourth-order valence-electron chi connectivity index (χ4n) is 17.5. The van der Waals surface area contributed by atoms with Crippen LogP contribution in [0.1, 0.15) is 89.0 Å². The molecule has 700 valence electrons. The van der Waals surface area contributed by atoms with Crippen molar-refractivity contribution in [3.8, 4) is 145 Å². The second-order valence-corrected chi connectivity index (χ2v) is 37.8. The van der Waals surface area contributed by atoms with E-state index in [9.17, 15) is 0 Å². The number of hydrogen-bond donors (Lipinski definition) is 0. The predicted molar refractivity (Wildman–Crippen MR) is 618 cm³/mol. The predicted octanol–water partition coefficient (Wildman–Crippen LogP) is 40.1. The monoisotopic (exact) mass is 1840 g/mol. The van der Waals surface area contributed by atoms with Gasteiger partial charge in [0.15, 0.2) is 0 Å². The van der Waals surface area contributed by atoms with Gasteiger partial charge < -0.3 is 0 Å². The highest BCUT2D eigenvalue weighted by atomic mass is 14.2. The lowest BCUT2D eigenvalue weighted by Crippen LogP contribution is -1.84. The van der Waals surface area contributed by atoms with Gasteiger partial charge in [-0.25, -0.2) is 0 Å². The van der Waals surface area contributed by atoms with Crippen LogP contribution >= 0.6 is 0 Å². The van der Waals surface area contributed by atoms with E-state index in [-0.39, 0.29) is 0 Å². The molecule has 0 aliphatic heterocycles. The Balaban J connectivity index is 0.000000131. The Morgan fingerprint density at radius 1 is 0.0775 bits per heavy atom. The van der Waals surface area contributed by atoms with Crippen molar-refractivity contribution < 1.29 is 0 Å². The van der Waals surface area contributed by atoms with Crippen molar-refractivity contribution in [3.63, 3.8) is 0 Å². The first-order chi connectivity index (χ1) is 68.9. The summed E-state index contributed by atoms with van der Waals surface area (Å²) in [5.74, 6) is 0. The molecule has 0 amide bonds. The highest BCUT2D eigenvalue weighted by molar-refractivity contribution is 5.81. The van der Waals surface area contributed by atoms with Crippen LogP contribution in [0.3, 0.4) is 0 Å². The topological polar surface area (TPSA) is 0 Å². The first-order valence-corrected chi connectivity index (χ1v) is 49.5. The zero-order valence-electron chi connectivity index (χ0n) is 85.5. The molecular formula is C142H132. The van der Waals surface area contributed by atoms with Crippen LogP contribution in [0.2, 0.25) is 0 Å². The van der Waals surface area contributed by atoms with Gasteiger partial charge in [0, 0.05) is 0 Å². The van der Waals surface area contributed by atoms with Crippen LogP contribution in [0.5, 0.6) is 0 Å². The first-order valence-electron chi connectivity index (χ1n) is 49.5. The van der Waals surface area contributed by atoms with Crippen molar-refractivity contribution >= 4 is 0 Å². The lowest BCUT2D eigenvalue weighted by atomic mass is 9.95. The normalized spacial score (nSPS) is 10.4. The molecule has 142 heavy (non-hydrogen) atoms. The largest absolute Gasteiger partial charge is 0.0620 e. The molecule has 0 fully saturated rings. The molecule has 21 aromatic carbocycles. The van der Waals surface area contributed by atoms with E-state index in [2.05, 4.69) is 620 Å². The van der Waals surface area contributed by atoms with Gasteiger partial charge >= 0.3 is 0 Å². The van der Waals surface area contributed by atoms with Crippen LogP contribution in [0.4, 0.5) is 0 Å². The minimum Gasteiger partial charge on any atom is -0.0620 e. The molecule has 0 atom stereocenters. The van der Waals surface area contributed by atoms with Crippen molar-refractivity contribution in [2.24, 2.45) is 0 Å². The molecule has 0 heteroatoms. The summed E-state index contributed by atoms with van der Waals surface area (Å²) in [4.78, 5) is 0. The van der Waals surface area contributed by atoms with E-state index in [1.165, 1.54) is 234 Å². The Kier molecular flexibility index (Phi) is 36.3. The van der Waals surface area contributed by atoms with Gasteiger partial charge in [0.1, 0.15) is 0 Å². The Hall–Kier alpha value is -16.4. The van der Waals surface area contributed by atoms with E-state index in [1.54, 1.807) is 0 Å². The molecule has 21 aromatic rings. The highest BCUT2D eigenvalue weighted by Crippen LogP contribution is 2.36. The summed E-state index contributed by atoms with van der Waals surface area (Å²) in [6.07, 6.45) is 0. The molecule has 0 aliphatic rings. The van der Waals surface area contributed by atoms with Gasteiger partial charge in [0.25, 0.3) is 0 Å². The summed E-state index contributed by atoms with van der Waals surface area (Å²) in [5.41, 5.74) is 54.0. The fraction of sp³-hybridized carbons (Fsp3) is 0.113. The van der Waals surface area contributed by atoms with Crippen LogP contribution in [-0.4, -0.2) is 0 Å². The third-order valence-corrected chi connectivity index (χ3v) is 25.1. The van der Waals surface area contributed by atoms with E-state index in [0.717, 1.165) is 0 Å². The smallest absolute Gasteiger partial charge is 0.0155 e. The van der Waals surface area contributed by atoms with Crippen molar-refractivity contribution in [2.45, 2.75) is 111 Å². The van der Waals surface area contributed by atoms with Crippen molar-refractivity contribution in [1.29, 1.82) is 0 Å². The van der Waals surface area contributed by atoms with E-state index in [1.807, 2.05) is 0 Å². The van der Waals surface area contributed by atoms with Gasteiger partial charge in [-0.1, -0.05) is 563 Å². The lowest BCUT2D eigenvalue weighted by molar-refractivity contribution is 1.39. The molecule has 0 radical (unpaired) electrons. The Morgan fingerprint density at radius 2 is 0.204 bits per heavy atom. The standard InChI is InChI=1S/2C26H22.2C20H18.3C14H14.C8H10/c1-19-7-3-9-21(15-19)23-11-5-13-25(17-23)26-14-6-12-24(18-26)22-10-4-8-20(2)16-22;1-19-9-11-21(12-10-19)22-13-15-23(16-14-22)25-7-4-8-26(18-25)24-6-3-5-20(2)17-24;1-15-6-3-8-17(12-15)19-10-5-11-20(14-19)18-9-4-7-16(2)13-18;1-15-7-5-9-17(13-15)18-10-6-11-19(14-18)20-12-4-3-8-16(20)2;2*1-11-5-3-7-13(9-11)14-8-4-6-12(2)10-14;1-11-6-8-13(9-7-11)14-5-3-4-12(2)10-14;1-7-4-3-5-8(2)6-7/h2*3-18H,1-2H3;2*3-14H,1-2H3;3*3-10H,1-2H3;3-6H,1-2H3. The van der Waals surface area contributed by atoms with E-state index in [0.29, 0.717) is 0 Å². The van der Waals surface area contributed by atoms with Crippen molar-refractivity contribution in [1.82, 2.24) is 0 Å². The summed E-state index contributed by atoms with van der Waals surface area (Å²) in [7, 11) is 0. The SMILES string of the molecule is Cc1ccc(-c2ccc(-c3cccc(-c4cccc(C)c4)c3)cc2)cc1.Cc1ccc(-c2cccc(C)c2)cc1.Cc1cccc(-c2cccc(-c3cccc(-c4cccc(C)c4)c3)c2)c1.Cc1cccc(-c2cccc(-c3cccc(C)c3)c2)c1.Cc1cccc(-c2cccc(-c3ccccc3C)c2)c1.Cc1cccc(-c2cccc(C)c2)c1.Cc1cccc(-c2cccc(C)c2)c1.Cc1cccc(C)c1. The maximum atomic E-state index is 2.28. The van der Waals surface area contributed by atoms with Crippen LogP contribution in [0, 0.1) is 111 Å². The van der Waals surface area contributed by atoms with Crippen LogP contribution < -0.4 is 0 Å². The molecule has 0 heterocycles. The van der Waals surface area contributed by atoms with Gasteiger partial charge in [-0.15, -0.1) is 0 Å². The lowest BCUT2D eigenvalue weighted by Gasteiger charge is -2.09. The van der Waals surface area contributed by atoms with E-state index >= 15 is 0 Å². The summed E-state index contributed by atoms with van der Waals surface area (Å²) in [6, 6.07) is 182. The second-order valence-electron chi connectivity index (χ2n) is 37.8. The van der Waals surface area contributed by atoms with Crippen LogP contribution in [-0.2, 0) is 0 Å². The molecule has 0 N–H and O–H groups in total. The van der Waals surface area contributed by atoms with Crippen LogP contribution in [0.25, 0.3) is 145 Å².